The van der Waals surface area contributed by atoms with Crippen molar-refractivity contribution in [2.24, 2.45) is 0 Å². The lowest BCUT2D eigenvalue weighted by Crippen LogP contribution is -2.34. The zero-order valence-corrected chi connectivity index (χ0v) is 16.9. The molecule has 0 unspecified atom stereocenters. The zero-order chi connectivity index (χ0) is 19.5. The van der Waals surface area contributed by atoms with Gasteiger partial charge in [0.15, 0.2) is 0 Å². The summed E-state index contributed by atoms with van der Waals surface area (Å²) in [5, 5.41) is 12.6. The number of amides is 1. The molecule has 1 heterocycles. The Morgan fingerprint density at radius 1 is 1.21 bits per heavy atom. The number of carbonyl (C=O) groups is 1. The van der Waals surface area contributed by atoms with Crippen molar-refractivity contribution in [2.75, 3.05) is 12.8 Å². The molecule has 1 atom stereocenters. The van der Waals surface area contributed by atoms with Gasteiger partial charge in [0.25, 0.3) is 0 Å². The zero-order valence-electron chi connectivity index (χ0n) is 16.1. The van der Waals surface area contributed by atoms with Crippen molar-refractivity contribution < 1.29 is 4.79 Å². The summed E-state index contributed by atoms with van der Waals surface area (Å²) < 4.78 is 1.70. The smallest absolute Gasteiger partial charge is 0.233 e. The van der Waals surface area contributed by atoms with E-state index in [1.807, 2.05) is 43.1 Å². The lowest BCUT2D eigenvalue weighted by molar-refractivity contribution is -0.129. The standard InChI is InChI=1S/C21H23N5OS/c1-15-8-3-6-12-18(15)26-21(22-23-24-26)28-14-20(27)25(2)19-13-7-10-16-9-4-5-11-17(16)19/h3-6,8-9,11-12,19H,7,10,13-14H2,1-2H3/t19-/m0/s1. The van der Waals surface area contributed by atoms with Gasteiger partial charge >= 0.3 is 0 Å². The maximum Gasteiger partial charge on any atom is 0.233 e. The Morgan fingerprint density at radius 3 is 2.86 bits per heavy atom. The molecule has 0 saturated carbocycles. The Hall–Kier alpha value is -2.67. The third-order valence-electron chi connectivity index (χ3n) is 5.31. The quantitative estimate of drug-likeness (QED) is 0.620. The number of rotatable bonds is 5. The van der Waals surface area contributed by atoms with E-state index in [0.717, 1.165) is 30.5 Å². The van der Waals surface area contributed by atoms with Gasteiger partial charge in [-0.15, -0.1) is 5.10 Å². The number of hydrogen-bond acceptors (Lipinski definition) is 5. The minimum Gasteiger partial charge on any atom is -0.338 e. The number of hydrogen-bond donors (Lipinski definition) is 0. The highest BCUT2D eigenvalue weighted by molar-refractivity contribution is 7.99. The van der Waals surface area contributed by atoms with Crippen LogP contribution in [0.5, 0.6) is 0 Å². The first-order chi connectivity index (χ1) is 13.6. The van der Waals surface area contributed by atoms with E-state index in [-0.39, 0.29) is 11.9 Å². The number of fused-ring (bicyclic) bond motifs is 1. The number of para-hydroxylation sites is 1. The molecule has 0 aliphatic heterocycles. The van der Waals surface area contributed by atoms with Gasteiger partial charge in [-0.05, 0) is 59.4 Å². The lowest BCUT2D eigenvalue weighted by Gasteiger charge is -2.33. The molecule has 4 rings (SSSR count). The number of carbonyl (C=O) groups excluding carboxylic acids is 1. The Bertz CT molecular complexity index is 986. The molecule has 0 bridgehead atoms. The molecule has 0 radical (unpaired) electrons. The Kier molecular flexibility index (Phi) is 5.43. The third kappa shape index (κ3) is 3.67. The first-order valence-electron chi connectivity index (χ1n) is 9.46. The van der Waals surface area contributed by atoms with Crippen molar-refractivity contribution in [2.45, 2.75) is 37.4 Å². The molecular weight excluding hydrogens is 370 g/mol. The molecule has 7 heteroatoms. The second kappa shape index (κ2) is 8.14. The van der Waals surface area contributed by atoms with Crippen LogP contribution >= 0.6 is 11.8 Å². The van der Waals surface area contributed by atoms with Gasteiger partial charge < -0.3 is 4.90 Å². The highest BCUT2D eigenvalue weighted by Crippen LogP contribution is 2.34. The van der Waals surface area contributed by atoms with Gasteiger partial charge in [0.05, 0.1) is 17.5 Å². The number of aryl methyl sites for hydroxylation is 2. The fraction of sp³-hybridized carbons (Fsp3) is 0.333. The van der Waals surface area contributed by atoms with E-state index in [1.165, 1.54) is 22.9 Å². The predicted octanol–water partition coefficient (Wildman–Crippen LogP) is 3.60. The van der Waals surface area contributed by atoms with Crippen LogP contribution in [0, 0.1) is 6.92 Å². The van der Waals surface area contributed by atoms with E-state index in [9.17, 15) is 4.79 Å². The van der Waals surface area contributed by atoms with Gasteiger partial charge in [-0.2, -0.15) is 4.68 Å². The Labute approximate surface area is 168 Å². The number of tetrazole rings is 1. The second-order valence-corrected chi connectivity index (χ2v) is 8.00. The van der Waals surface area contributed by atoms with Crippen LogP contribution in [0.15, 0.2) is 53.7 Å². The summed E-state index contributed by atoms with van der Waals surface area (Å²) in [6.07, 6.45) is 3.21. The van der Waals surface area contributed by atoms with Crippen molar-refractivity contribution in [3.63, 3.8) is 0 Å². The molecule has 1 aliphatic carbocycles. The minimum atomic E-state index is 0.0889. The third-order valence-corrected chi connectivity index (χ3v) is 6.21. The van der Waals surface area contributed by atoms with Crippen LogP contribution in [-0.2, 0) is 11.2 Å². The molecule has 28 heavy (non-hydrogen) atoms. The molecule has 0 saturated heterocycles. The highest BCUT2D eigenvalue weighted by atomic mass is 32.2. The largest absolute Gasteiger partial charge is 0.338 e. The van der Waals surface area contributed by atoms with Crippen LogP contribution in [0.3, 0.4) is 0 Å². The Balaban J connectivity index is 1.46. The normalized spacial score (nSPS) is 15.9. The maximum absolute atomic E-state index is 12.9. The van der Waals surface area contributed by atoms with Crippen molar-refractivity contribution in [3.8, 4) is 5.69 Å². The molecule has 3 aromatic rings. The van der Waals surface area contributed by atoms with Crippen molar-refractivity contribution >= 4 is 17.7 Å². The number of aromatic nitrogens is 4. The number of thioether (sulfide) groups is 1. The van der Waals surface area contributed by atoms with Crippen LogP contribution < -0.4 is 0 Å². The molecule has 0 spiro atoms. The first kappa shape index (κ1) is 18.7. The van der Waals surface area contributed by atoms with Crippen LogP contribution in [0.4, 0.5) is 0 Å². The monoisotopic (exact) mass is 393 g/mol. The number of nitrogens with zero attached hydrogens (tertiary/aromatic N) is 5. The molecule has 2 aromatic carbocycles. The molecule has 0 fully saturated rings. The fourth-order valence-electron chi connectivity index (χ4n) is 3.75. The van der Waals surface area contributed by atoms with Gasteiger partial charge in [0.2, 0.25) is 11.1 Å². The summed E-state index contributed by atoms with van der Waals surface area (Å²) in [6, 6.07) is 16.5. The van der Waals surface area contributed by atoms with E-state index in [2.05, 4.69) is 39.8 Å². The summed E-state index contributed by atoms with van der Waals surface area (Å²) in [5.74, 6) is 0.396. The van der Waals surface area contributed by atoms with E-state index in [4.69, 9.17) is 0 Å². The van der Waals surface area contributed by atoms with Gasteiger partial charge in [-0.25, -0.2) is 0 Å². The van der Waals surface area contributed by atoms with E-state index >= 15 is 0 Å². The molecule has 1 aromatic heterocycles. The Morgan fingerprint density at radius 2 is 2.00 bits per heavy atom. The van der Waals surface area contributed by atoms with Crippen molar-refractivity contribution in [1.29, 1.82) is 0 Å². The van der Waals surface area contributed by atoms with Gasteiger partial charge in [0, 0.05) is 7.05 Å². The number of benzene rings is 2. The van der Waals surface area contributed by atoms with E-state index < -0.39 is 0 Å². The minimum absolute atomic E-state index is 0.0889. The van der Waals surface area contributed by atoms with Gasteiger partial charge in [0.1, 0.15) is 0 Å². The average Bonchev–Trinajstić information content (AvgIpc) is 3.19. The molecule has 6 nitrogen and oxygen atoms in total. The fourth-order valence-corrected chi connectivity index (χ4v) is 4.56. The summed E-state index contributed by atoms with van der Waals surface area (Å²) in [4.78, 5) is 14.8. The lowest BCUT2D eigenvalue weighted by atomic mass is 9.87. The molecule has 1 amide bonds. The molecule has 144 valence electrons. The average molecular weight is 394 g/mol. The topological polar surface area (TPSA) is 63.9 Å². The summed E-state index contributed by atoms with van der Waals surface area (Å²) in [5.41, 5.74) is 4.64. The van der Waals surface area contributed by atoms with Crippen LogP contribution in [0.2, 0.25) is 0 Å². The molecule has 0 N–H and O–H groups in total. The van der Waals surface area contributed by atoms with Crippen LogP contribution in [0.1, 0.15) is 35.6 Å². The van der Waals surface area contributed by atoms with Crippen LogP contribution in [0.25, 0.3) is 5.69 Å². The van der Waals surface area contributed by atoms with Gasteiger partial charge in [-0.1, -0.05) is 54.2 Å². The predicted molar refractivity (Wildman–Crippen MR) is 110 cm³/mol. The second-order valence-electron chi connectivity index (χ2n) is 7.06. The molecular formula is C21H23N5OS. The summed E-state index contributed by atoms with van der Waals surface area (Å²) in [6.45, 7) is 2.02. The van der Waals surface area contributed by atoms with Crippen molar-refractivity contribution in [1.82, 2.24) is 25.1 Å². The maximum atomic E-state index is 12.9. The molecule has 1 aliphatic rings. The first-order valence-corrected chi connectivity index (χ1v) is 10.4. The van der Waals surface area contributed by atoms with Crippen molar-refractivity contribution in [3.05, 3.63) is 65.2 Å². The van der Waals surface area contributed by atoms with Gasteiger partial charge in [-0.3, -0.25) is 4.79 Å². The highest BCUT2D eigenvalue weighted by Gasteiger charge is 2.26. The van der Waals surface area contributed by atoms with E-state index in [0.29, 0.717) is 10.9 Å². The summed E-state index contributed by atoms with van der Waals surface area (Å²) >= 11 is 1.37. The summed E-state index contributed by atoms with van der Waals surface area (Å²) in [7, 11) is 1.90. The van der Waals surface area contributed by atoms with E-state index in [1.54, 1.807) is 4.68 Å². The van der Waals surface area contributed by atoms with Crippen LogP contribution in [-0.4, -0.2) is 43.8 Å². The SMILES string of the molecule is Cc1ccccc1-n1nnnc1SCC(=O)N(C)[C@H]1CCCc2ccccc21.